The summed E-state index contributed by atoms with van der Waals surface area (Å²) in [5.74, 6) is -2.31. The molecular formula is C25H25F2N5O3. The van der Waals surface area contributed by atoms with Gasteiger partial charge in [-0.2, -0.15) is 0 Å². The van der Waals surface area contributed by atoms with E-state index in [1.54, 1.807) is 13.2 Å². The van der Waals surface area contributed by atoms with Gasteiger partial charge in [-0.15, -0.1) is 0 Å². The number of halogens is 2. The number of carbonyl (C=O) groups is 2. The molecule has 1 aliphatic heterocycles. The maximum absolute atomic E-state index is 13.9. The van der Waals surface area contributed by atoms with Crippen LogP contribution in [0, 0.1) is 11.6 Å². The van der Waals surface area contributed by atoms with Crippen molar-refractivity contribution in [2.75, 3.05) is 25.6 Å². The average Bonchev–Trinajstić information content (AvgIpc) is 3.00. The molecule has 1 aliphatic rings. The molecule has 0 fully saturated rings. The number of aromatic nitrogens is 3. The number of aryl methyl sites for hydroxylation is 2. The summed E-state index contributed by atoms with van der Waals surface area (Å²) in [5, 5.41) is 0. The van der Waals surface area contributed by atoms with Crippen molar-refractivity contribution in [3.63, 3.8) is 0 Å². The molecular weight excluding hydrogens is 456 g/mol. The van der Waals surface area contributed by atoms with E-state index < -0.39 is 23.6 Å². The molecule has 0 bridgehead atoms. The van der Waals surface area contributed by atoms with E-state index in [0.717, 1.165) is 24.1 Å². The third kappa shape index (κ3) is 4.55. The van der Waals surface area contributed by atoms with Crippen molar-refractivity contribution in [2.45, 2.75) is 32.7 Å². The number of pyridine rings is 1. The van der Waals surface area contributed by atoms with Crippen molar-refractivity contribution in [3.8, 4) is 17.0 Å². The van der Waals surface area contributed by atoms with Crippen LogP contribution in [0.1, 0.15) is 35.6 Å². The van der Waals surface area contributed by atoms with Crippen molar-refractivity contribution in [1.29, 1.82) is 0 Å². The van der Waals surface area contributed by atoms with Crippen LogP contribution in [0.25, 0.3) is 11.3 Å². The zero-order chi connectivity index (χ0) is 25.3. The lowest BCUT2D eigenvalue weighted by atomic mass is 10.1. The zero-order valence-corrected chi connectivity index (χ0v) is 19.9. The van der Waals surface area contributed by atoms with Crippen LogP contribution >= 0.6 is 0 Å². The van der Waals surface area contributed by atoms with E-state index >= 15 is 0 Å². The molecule has 0 spiro atoms. The molecule has 1 aromatic carbocycles. The highest BCUT2D eigenvalue weighted by Gasteiger charge is 2.36. The Hall–Kier alpha value is -3.95. The fourth-order valence-electron chi connectivity index (χ4n) is 3.84. The Kier molecular flexibility index (Phi) is 6.72. The van der Waals surface area contributed by atoms with Gasteiger partial charge in [-0.3, -0.25) is 14.5 Å². The predicted molar refractivity (Wildman–Crippen MR) is 125 cm³/mol. The van der Waals surface area contributed by atoms with Gasteiger partial charge in [-0.1, -0.05) is 13.8 Å². The SMILES string of the molecule is CCc1cnc2c(c1)OC[C@H](N(C)C(=O)c1ncc(CC)c(-c3ccc(F)c(F)c3)n1)C(=O)N2C. The molecule has 35 heavy (non-hydrogen) atoms. The summed E-state index contributed by atoms with van der Waals surface area (Å²) in [6.07, 6.45) is 4.44. The number of likely N-dealkylation sites (N-methyl/N-ethyl adjacent to an activating group) is 2. The number of ether oxygens (including phenoxy) is 1. The van der Waals surface area contributed by atoms with Crippen molar-refractivity contribution >= 4 is 17.6 Å². The number of benzene rings is 1. The van der Waals surface area contributed by atoms with Gasteiger partial charge >= 0.3 is 0 Å². The van der Waals surface area contributed by atoms with E-state index in [4.69, 9.17) is 4.74 Å². The topological polar surface area (TPSA) is 88.5 Å². The van der Waals surface area contributed by atoms with Gasteiger partial charge in [-0.05, 0) is 48.2 Å². The zero-order valence-electron chi connectivity index (χ0n) is 19.9. The summed E-state index contributed by atoms with van der Waals surface area (Å²) in [5.41, 5.74) is 2.27. The highest BCUT2D eigenvalue weighted by molar-refractivity contribution is 6.01. The van der Waals surface area contributed by atoms with Crippen molar-refractivity contribution < 1.29 is 23.1 Å². The number of anilines is 1. The minimum Gasteiger partial charge on any atom is -0.487 e. The van der Waals surface area contributed by atoms with Crippen molar-refractivity contribution in [2.24, 2.45) is 0 Å². The van der Waals surface area contributed by atoms with Crippen LogP contribution in [-0.4, -0.2) is 58.4 Å². The second-order valence-electron chi connectivity index (χ2n) is 8.21. The summed E-state index contributed by atoms with van der Waals surface area (Å²) < 4.78 is 33.2. The molecule has 2 amide bonds. The first-order valence-electron chi connectivity index (χ1n) is 11.2. The molecule has 0 saturated heterocycles. The van der Waals surface area contributed by atoms with E-state index in [2.05, 4.69) is 15.0 Å². The van der Waals surface area contributed by atoms with Gasteiger partial charge in [0.05, 0.1) is 5.69 Å². The van der Waals surface area contributed by atoms with Gasteiger partial charge in [-0.25, -0.2) is 23.7 Å². The Labute approximate surface area is 201 Å². The number of hydrogen-bond donors (Lipinski definition) is 0. The molecule has 2 aromatic heterocycles. The molecule has 8 nitrogen and oxygen atoms in total. The van der Waals surface area contributed by atoms with Crippen LogP contribution in [0.3, 0.4) is 0 Å². The van der Waals surface area contributed by atoms with Crippen LogP contribution < -0.4 is 9.64 Å². The molecule has 0 unspecified atom stereocenters. The van der Waals surface area contributed by atoms with Crippen LogP contribution in [0.5, 0.6) is 5.75 Å². The Morgan fingerprint density at radius 2 is 1.91 bits per heavy atom. The van der Waals surface area contributed by atoms with Crippen LogP contribution in [0.4, 0.5) is 14.6 Å². The first-order chi connectivity index (χ1) is 16.7. The molecule has 0 radical (unpaired) electrons. The fraction of sp³-hybridized carbons (Fsp3) is 0.320. The van der Waals surface area contributed by atoms with E-state index in [1.165, 1.54) is 29.1 Å². The third-order valence-electron chi connectivity index (χ3n) is 6.05. The van der Waals surface area contributed by atoms with Crippen LogP contribution in [-0.2, 0) is 17.6 Å². The molecule has 3 heterocycles. The van der Waals surface area contributed by atoms with E-state index in [1.807, 2.05) is 19.9 Å². The lowest BCUT2D eigenvalue weighted by molar-refractivity contribution is -0.123. The van der Waals surface area contributed by atoms with Gasteiger partial charge in [0.2, 0.25) is 5.82 Å². The summed E-state index contributed by atoms with van der Waals surface area (Å²) >= 11 is 0. The number of carbonyl (C=O) groups excluding carboxylic acids is 2. The largest absolute Gasteiger partial charge is 0.487 e. The number of fused-ring (bicyclic) bond motifs is 1. The number of amides is 2. The molecule has 3 aromatic rings. The van der Waals surface area contributed by atoms with Crippen molar-refractivity contribution in [1.82, 2.24) is 19.9 Å². The van der Waals surface area contributed by atoms with Crippen LogP contribution in [0.15, 0.2) is 36.7 Å². The summed E-state index contributed by atoms with van der Waals surface area (Å²) in [4.78, 5) is 42.0. The Morgan fingerprint density at radius 1 is 1.14 bits per heavy atom. The monoisotopic (exact) mass is 481 g/mol. The molecule has 0 saturated carbocycles. The minimum atomic E-state index is -1.02. The molecule has 0 N–H and O–H groups in total. The van der Waals surface area contributed by atoms with Gasteiger partial charge < -0.3 is 9.64 Å². The van der Waals surface area contributed by atoms with E-state index in [0.29, 0.717) is 34.8 Å². The van der Waals surface area contributed by atoms with Crippen LogP contribution in [0.2, 0.25) is 0 Å². The third-order valence-corrected chi connectivity index (χ3v) is 6.05. The quantitative estimate of drug-likeness (QED) is 0.555. The Bertz CT molecular complexity index is 1300. The van der Waals surface area contributed by atoms with E-state index in [9.17, 15) is 18.4 Å². The molecule has 4 rings (SSSR count). The molecule has 10 heteroatoms. The van der Waals surface area contributed by atoms with Crippen molar-refractivity contribution in [3.05, 3.63) is 65.2 Å². The summed E-state index contributed by atoms with van der Waals surface area (Å²) in [6, 6.07) is 4.31. The normalized spacial score (nSPS) is 15.3. The lowest BCUT2D eigenvalue weighted by Gasteiger charge is -2.27. The first kappa shape index (κ1) is 24.2. The summed E-state index contributed by atoms with van der Waals surface area (Å²) in [7, 11) is 3.05. The lowest BCUT2D eigenvalue weighted by Crippen LogP contribution is -2.50. The number of rotatable bonds is 5. The Morgan fingerprint density at radius 3 is 2.60 bits per heavy atom. The second-order valence-corrected chi connectivity index (χ2v) is 8.21. The number of nitrogens with zero attached hydrogens (tertiary/aromatic N) is 5. The molecule has 182 valence electrons. The first-order valence-corrected chi connectivity index (χ1v) is 11.2. The van der Waals surface area contributed by atoms with E-state index in [-0.39, 0.29) is 18.3 Å². The molecule has 1 atom stereocenters. The maximum atomic E-state index is 13.9. The molecule has 0 aliphatic carbocycles. The number of hydrogen-bond acceptors (Lipinski definition) is 6. The van der Waals surface area contributed by atoms with Gasteiger partial charge in [0.25, 0.3) is 11.8 Å². The highest BCUT2D eigenvalue weighted by atomic mass is 19.2. The van der Waals surface area contributed by atoms with Gasteiger partial charge in [0.1, 0.15) is 12.6 Å². The fourth-order valence-corrected chi connectivity index (χ4v) is 3.84. The Balaban J connectivity index is 1.64. The van der Waals surface area contributed by atoms with Gasteiger partial charge in [0, 0.05) is 32.1 Å². The minimum absolute atomic E-state index is 0.0731. The average molecular weight is 482 g/mol. The predicted octanol–water partition coefficient (Wildman–Crippen LogP) is 3.44. The smallest absolute Gasteiger partial charge is 0.292 e. The second kappa shape index (κ2) is 9.73. The standard InChI is InChI=1S/C25H25F2N5O3/c1-5-14-9-20-23(29-11-14)32(4)24(33)19(13-35-20)31(3)25(34)22-28-12-15(6-2)21(30-22)16-7-8-17(26)18(27)10-16/h7-12,19H,5-6,13H2,1-4H3/t19-/m0/s1. The van der Waals surface area contributed by atoms with Gasteiger partial charge in [0.15, 0.2) is 23.2 Å². The summed E-state index contributed by atoms with van der Waals surface area (Å²) in [6.45, 7) is 3.78. The maximum Gasteiger partial charge on any atom is 0.292 e. The highest BCUT2D eigenvalue weighted by Crippen LogP contribution is 2.30.